The lowest BCUT2D eigenvalue weighted by molar-refractivity contribution is 0.154. The van der Waals surface area contributed by atoms with Gasteiger partial charge in [0.05, 0.1) is 13.1 Å². The van der Waals surface area contributed by atoms with Crippen LogP contribution in [-0.4, -0.2) is 37.1 Å². The lowest BCUT2D eigenvalue weighted by atomic mass is 10.1. The maximum absolute atomic E-state index is 5.73. The fraction of sp³-hybridized carbons (Fsp3) is 0.833. The lowest BCUT2D eigenvalue weighted by Gasteiger charge is -2.16. The monoisotopic (exact) mass is 224 g/mol. The standard InChI is InChI=1S/C12H20N2O2/c1-7(2)9-5-13-11(15-9)12-14-6-10(16-12)8(3)4/h7-10H,5-6H2,1-4H3/t9-,10?/m0/s1. The van der Waals surface area contributed by atoms with Crippen LogP contribution in [0.5, 0.6) is 0 Å². The summed E-state index contributed by atoms with van der Waals surface area (Å²) in [5.41, 5.74) is 0. The number of aliphatic imine (C=N–C) groups is 2. The predicted molar refractivity (Wildman–Crippen MR) is 64.0 cm³/mol. The van der Waals surface area contributed by atoms with Crippen LogP contribution in [-0.2, 0) is 9.47 Å². The summed E-state index contributed by atoms with van der Waals surface area (Å²) in [7, 11) is 0. The number of hydrogen-bond acceptors (Lipinski definition) is 4. The molecular formula is C12H20N2O2. The maximum Gasteiger partial charge on any atom is 0.273 e. The zero-order chi connectivity index (χ0) is 11.7. The molecule has 90 valence electrons. The Bertz CT molecular complexity index is 289. The Hall–Kier alpha value is -1.06. The third kappa shape index (κ3) is 2.20. The largest absolute Gasteiger partial charge is 0.469 e. The van der Waals surface area contributed by atoms with E-state index < -0.39 is 0 Å². The molecule has 0 amide bonds. The van der Waals surface area contributed by atoms with Crippen molar-refractivity contribution in [1.29, 1.82) is 0 Å². The molecule has 4 nitrogen and oxygen atoms in total. The van der Waals surface area contributed by atoms with Crippen LogP contribution in [0.1, 0.15) is 27.7 Å². The van der Waals surface area contributed by atoms with Crippen molar-refractivity contribution in [3.63, 3.8) is 0 Å². The minimum absolute atomic E-state index is 0.180. The average molecular weight is 224 g/mol. The molecule has 0 bridgehead atoms. The topological polar surface area (TPSA) is 43.2 Å². The van der Waals surface area contributed by atoms with E-state index in [4.69, 9.17) is 9.47 Å². The summed E-state index contributed by atoms with van der Waals surface area (Å²) in [6.45, 7) is 9.99. The van der Waals surface area contributed by atoms with E-state index in [1.165, 1.54) is 0 Å². The third-order valence-corrected chi connectivity index (χ3v) is 3.03. The van der Waals surface area contributed by atoms with Crippen LogP contribution in [0.25, 0.3) is 0 Å². The van der Waals surface area contributed by atoms with E-state index in [9.17, 15) is 0 Å². The summed E-state index contributed by atoms with van der Waals surface area (Å²) in [4.78, 5) is 8.71. The minimum Gasteiger partial charge on any atom is -0.469 e. The predicted octanol–water partition coefficient (Wildman–Crippen LogP) is 1.89. The highest BCUT2D eigenvalue weighted by atomic mass is 16.6. The molecule has 0 aromatic rings. The van der Waals surface area contributed by atoms with Gasteiger partial charge in [-0.1, -0.05) is 27.7 Å². The van der Waals surface area contributed by atoms with E-state index in [2.05, 4.69) is 37.7 Å². The van der Waals surface area contributed by atoms with Gasteiger partial charge in [-0.25, -0.2) is 9.98 Å². The summed E-state index contributed by atoms with van der Waals surface area (Å²) >= 11 is 0. The molecule has 0 aromatic heterocycles. The summed E-state index contributed by atoms with van der Waals surface area (Å²) in [6.07, 6.45) is 0.360. The van der Waals surface area contributed by atoms with E-state index in [-0.39, 0.29) is 12.2 Å². The molecule has 0 radical (unpaired) electrons. The smallest absolute Gasteiger partial charge is 0.273 e. The second-order valence-electron chi connectivity index (χ2n) is 5.09. The van der Waals surface area contributed by atoms with Crippen LogP contribution >= 0.6 is 0 Å². The summed E-state index contributed by atoms with van der Waals surface area (Å²) in [5, 5.41) is 0. The Balaban J connectivity index is 1.92. The van der Waals surface area contributed by atoms with Crippen molar-refractivity contribution >= 4 is 11.8 Å². The van der Waals surface area contributed by atoms with Crippen molar-refractivity contribution in [3.05, 3.63) is 0 Å². The molecular weight excluding hydrogens is 204 g/mol. The molecule has 0 spiro atoms. The van der Waals surface area contributed by atoms with Crippen LogP contribution in [0.4, 0.5) is 0 Å². The molecule has 4 heteroatoms. The minimum atomic E-state index is 0.180. The molecule has 0 aromatic carbocycles. The third-order valence-electron chi connectivity index (χ3n) is 3.03. The number of nitrogens with zero attached hydrogens (tertiary/aromatic N) is 2. The molecule has 2 atom stereocenters. The Morgan fingerprint density at radius 1 is 0.875 bits per heavy atom. The summed E-state index contributed by atoms with van der Waals surface area (Å²) in [6, 6.07) is 0. The normalized spacial score (nSPS) is 29.1. The first-order chi connectivity index (χ1) is 7.58. The van der Waals surface area contributed by atoms with Crippen molar-refractivity contribution in [2.45, 2.75) is 39.9 Å². The molecule has 0 N–H and O–H groups in total. The highest BCUT2D eigenvalue weighted by molar-refractivity contribution is 6.36. The highest BCUT2D eigenvalue weighted by Gasteiger charge is 2.32. The van der Waals surface area contributed by atoms with Gasteiger partial charge in [0.15, 0.2) is 0 Å². The Kier molecular flexibility index (Phi) is 3.17. The summed E-state index contributed by atoms with van der Waals surface area (Å²) < 4.78 is 11.5. The number of rotatable bonds is 3. The van der Waals surface area contributed by atoms with Gasteiger partial charge in [0.25, 0.3) is 11.8 Å². The van der Waals surface area contributed by atoms with Crippen LogP contribution in [0.2, 0.25) is 0 Å². The van der Waals surface area contributed by atoms with Crippen LogP contribution in [0, 0.1) is 11.8 Å². The van der Waals surface area contributed by atoms with E-state index in [1.807, 2.05) is 0 Å². The van der Waals surface area contributed by atoms with E-state index in [0.29, 0.717) is 23.6 Å². The van der Waals surface area contributed by atoms with Gasteiger partial charge in [-0.15, -0.1) is 0 Å². The van der Waals surface area contributed by atoms with Gasteiger partial charge in [0, 0.05) is 0 Å². The van der Waals surface area contributed by atoms with Crippen molar-refractivity contribution in [2.24, 2.45) is 21.8 Å². The quantitative estimate of drug-likeness (QED) is 0.734. The number of ether oxygens (including phenoxy) is 2. The molecule has 2 aliphatic heterocycles. The first-order valence-corrected chi connectivity index (χ1v) is 6.00. The van der Waals surface area contributed by atoms with Crippen molar-refractivity contribution in [3.8, 4) is 0 Å². The molecule has 16 heavy (non-hydrogen) atoms. The van der Waals surface area contributed by atoms with E-state index in [0.717, 1.165) is 13.1 Å². The first kappa shape index (κ1) is 11.4. The molecule has 0 fully saturated rings. The maximum atomic E-state index is 5.73. The second kappa shape index (κ2) is 4.44. The van der Waals surface area contributed by atoms with Crippen LogP contribution < -0.4 is 0 Å². The Morgan fingerprint density at radius 2 is 1.25 bits per heavy atom. The second-order valence-corrected chi connectivity index (χ2v) is 5.09. The molecule has 0 saturated heterocycles. The first-order valence-electron chi connectivity index (χ1n) is 6.00. The SMILES string of the molecule is CC(C)C1CN=C(C2=NC[C@@H](C(C)C)O2)O1. The molecule has 2 heterocycles. The molecule has 0 aliphatic carbocycles. The van der Waals surface area contributed by atoms with Crippen LogP contribution in [0.3, 0.4) is 0 Å². The van der Waals surface area contributed by atoms with Crippen molar-refractivity contribution in [1.82, 2.24) is 0 Å². The zero-order valence-corrected chi connectivity index (χ0v) is 10.4. The van der Waals surface area contributed by atoms with E-state index >= 15 is 0 Å². The Morgan fingerprint density at radius 3 is 1.50 bits per heavy atom. The van der Waals surface area contributed by atoms with Gasteiger partial charge in [-0.05, 0) is 11.8 Å². The van der Waals surface area contributed by atoms with Gasteiger partial charge in [-0.3, -0.25) is 0 Å². The lowest BCUT2D eigenvalue weighted by Crippen LogP contribution is -2.26. The molecule has 2 aliphatic rings. The van der Waals surface area contributed by atoms with Gasteiger partial charge in [0.1, 0.15) is 12.2 Å². The summed E-state index contributed by atoms with van der Waals surface area (Å²) in [5.74, 6) is 2.15. The molecule has 0 saturated carbocycles. The van der Waals surface area contributed by atoms with Gasteiger partial charge in [0.2, 0.25) is 0 Å². The van der Waals surface area contributed by atoms with Gasteiger partial charge >= 0.3 is 0 Å². The highest BCUT2D eigenvalue weighted by Crippen LogP contribution is 2.19. The Labute approximate surface area is 96.8 Å². The van der Waals surface area contributed by atoms with Crippen LogP contribution in [0.15, 0.2) is 9.98 Å². The molecule has 1 unspecified atom stereocenters. The van der Waals surface area contributed by atoms with Gasteiger partial charge < -0.3 is 9.47 Å². The molecule has 2 rings (SSSR count). The van der Waals surface area contributed by atoms with Crippen molar-refractivity contribution < 1.29 is 9.47 Å². The van der Waals surface area contributed by atoms with E-state index in [1.54, 1.807) is 0 Å². The average Bonchev–Trinajstić information content (AvgIpc) is 2.86. The van der Waals surface area contributed by atoms with Gasteiger partial charge in [-0.2, -0.15) is 0 Å². The number of hydrogen-bond donors (Lipinski definition) is 0. The fourth-order valence-electron chi connectivity index (χ4n) is 1.71. The fourth-order valence-corrected chi connectivity index (χ4v) is 1.71. The zero-order valence-electron chi connectivity index (χ0n) is 10.4. The van der Waals surface area contributed by atoms with Crippen molar-refractivity contribution in [2.75, 3.05) is 13.1 Å².